The van der Waals surface area contributed by atoms with Crippen LogP contribution in [-0.2, 0) is 9.53 Å². The zero-order chi connectivity index (χ0) is 18.7. The molecule has 0 radical (unpaired) electrons. The number of benzene rings is 1. The van der Waals surface area contributed by atoms with Gasteiger partial charge in [-0.15, -0.1) is 11.8 Å². The highest BCUT2D eigenvalue weighted by molar-refractivity contribution is 9.09. The van der Waals surface area contributed by atoms with E-state index in [2.05, 4.69) is 31.2 Å². The Morgan fingerprint density at radius 3 is 3.00 bits per heavy atom. The molecule has 0 saturated heterocycles. The van der Waals surface area contributed by atoms with E-state index in [9.17, 15) is 9.18 Å². The molecule has 3 rings (SSSR count). The lowest BCUT2D eigenvalue weighted by Crippen LogP contribution is -2.37. The summed E-state index contributed by atoms with van der Waals surface area (Å²) in [5.41, 5.74) is 1.33. The molecule has 0 aliphatic carbocycles. The van der Waals surface area contributed by atoms with Gasteiger partial charge in [0, 0.05) is 28.9 Å². The molecule has 0 saturated carbocycles. The number of ether oxygens (including phenoxy) is 1. The minimum Gasteiger partial charge on any atom is -0.463 e. The summed E-state index contributed by atoms with van der Waals surface area (Å²) < 4.78 is 19.2. The first-order valence-electron chi connectivity index (χ1n) is 7.99. The first-order chi connectivity index (χ1) is 12.6. The topological polar surface area (TPSA) is 63.0 Å². The molecule has 0 spiro atoms. The van der Waals surface area contributed by atoms with E-state index in [0.717, 1.165) is 10.8 Å². The maximum atomic E-state index is 14.0. The first-order valence-corrected chi connectivity index (χ1v) is 10.5. The summed E-state index contributed by atoms with van der Waals surface area (Å²) in [6.45, 7) is 2.66. The lowest BCUT2D eigenvalue weighted by Gasteiger charge is -2.27. The maximum Gasteiger partial charge on any atom is 0.338 e. The molecule has 0 bridgehead atoms. The van der Waals surface area contributed by atoms with Gasteiger partial charge in [0.25, 0.3) is 0 Å². The highest BCUT2D eigenvalue weighted by atomic mass is 79.9. The van der Waals surface area contributed by atoms with Crippen molar-refractivity contribution >= 4 is 56.1 Å². The Labute approximate surface area is 168 Å². The van der Waals surface area contributed by atoms with Gasteiger partial charge >= 0.3 is 5.97 Å². The SMILES string of the molecule is CCOC(=O)C1=C(CBr)NC(C2=NCCS2)=N[C@H]1c1cccc(F)c1Cl. The molecule has 26 heavy (non-hydrogen) atoms. The molecule has 9 heteroatoms. The number of carbonyl (C=O) groups is 1. The number of aliphatic imine (C=N–C) groups is 2. The van der Waals surface area contributed by atoms with E-state index in [1.54, 1.807) is 30.8 Å². The summed E-state index contributed by atoms with van der Waals surface area (Å²) in [5, 5.41) is 4.25. The molecular formula is C17H16BrClFN3O2S. The van der Waals surface area contributed by atoms with Crippen molar-refractivity contribution in [2.75, 3.05) is 24.2 Å². The number of carbonyl (C=O) groups excluding carboxylic acids is 1. The number of rotatable bonds is 5. The standard InChI is InChI=1S/C17H16BrClFN3O2S/c1-2-25-17(24)12-11(8-18)22-15(16-21-6-7-26-16)23-14(12)9-4-3-5-10(20)13(9)19/h3-5,14H,2,6-8H2,1H3,(H,22,23)/t14-/m0/s1. The quantitative estimate of drug-likeness (QED) is 0.535. The van der Waals surface area contributed by atoms with Crippen molar-refractivity contribution in [2.45, 2.75) is 13.0 Å². The molecule has 138 valence electrons. The van der Waals surface area contributed by atoms with Gasteiger partial charge in [-0.1, -0.05) is 39.7 Å². The third-order valence-electron chi connectivity index (χ3n) is 3.82. The first kappa shape index (κ1) is 19.4. The largest absolute Gasteiger partial charge is 0.463 e. The monoisotopic (exact) mass is 459 g/mol. The number of hydrogen-bond donors (Lipinski definition) is 1. The fraction of sp³-hybridized carbons (Fsp3) is 0.353. The molecule has 1 aromatic carbocycles. The number of halogens is 3. The zero-order valence-corrected chi connectivity index (χ0v) is 17.0. The van der Waals surface area contributed by atoms with E-state index < -0.39 is 17.8 Å². The molecule has 0 fully saturated rings. The van der Waals surface area contributed by atoms with E-state index in [-0.39, 0.29) is 11.6 Å². The Hall–Kier alpha value is -1.38. The number of thioether (sulfide) groups is 1. The van der Waals surface area contributed by atoms with E-state index in [1.807, 2.05) is 0 Å². The van der Waals surface area contributed by atoms with Crippen molar-refractivity contribution in [1.82, 2.24) is 5.32 Å². The van der Waals surface area contributed by atoms with Gasteiger partial charge < -0.3 is 10.1 Å². The van der Waals surface area contributed by atoms with Crippen LogP contribution in [0.25, 0.3) is 0 Å². The van der Waals surface area contributed by atoms with Crippen molar-refractivity contribution in [3.63, 3.8) is 0 Å². The van der Waals surface area contributed by atoms with Crippen LogP contribution in [0.15, 0.2) is 39.5 Å². The van der Waals surface area contributed by atoms with Crippen LogP contribution >= 0.6 is 39.3 Å². The smallest absolute Gasteiger partial charge is 0.338 e. The van der Waals surface area contributed by atoms with E-state index in [4.69, 9.17) is 16.3 Å². The van der Waals surface area contributed by atoms with E-state index in [1.165, 1.54) is 6.07 Å². The summed E-state index contributed by atoms with van der Waals surface area (Å²) >= 11 is 11.2. The number of alkyl halides is 1. The van der Waals surface area contributed by atoms with Crippen molar-refractivity contribution in [3.05, 3.63) is 45.9 Å². The van der Waals surface area contributed by atoms with Gasteiger partial charge in [-0.3, -0.25) is 9.98 Å². The van der Waals surface area contributed by atoms with E-state index in [0.29, 0.717) is 34.5 Å². The number of esters is 1. The van der Waals surface area contributed by atoms with Gasteiger partial charge in [0.15, 0.2) is 5.84 Å². The highest BCUT2D eigenvalue weighted by Gasteiger charge is 2.34. The number of nitrogens with zero attached hydrogens (tertiary/aromatic N) is 2. The lowest BCUT2D eigenvalue weighted by atomic mass is 9.96. The van der Waals surface area contributed by atoms with Crippen LogP contribution < -0.4 is 5.32 Å². The highest BCUT2D eigenvalue weighted by Crippen LogP contribution is 2.37. The predicted octanol–water partition coefficient (Wildman–Crippen LogP) is 3.88. The number of nitrogens with one attached hydrogen (secondary N) is 1. The van der Waals surface area contributed by atoms with Crippen molar-refractivity contribution in [2.24, 2.45) is 9.98 Å². The van der Waals surface area contributed by atoms with Crippen LogP contribution in [0.4, 0.5) is 4.39 Å². The molecule has 1 N–H and O–H groups in total. The third kappa shape index (κ3) is 3.82. The predicted molar refractivity (Wildman–Crippen MR) is 107 cm³/mol. The van der Waals surface area contributed by atoms with E-state index >= 15 is 0 Å². The summed E-state index contributed by atoms with van der Waals surface area (Å²) in [6, 6.07) is 3.71. The Morgan fingerprint density at radius 1 is 1.54 bits per heavy atom. The molecule has 2 aliphatic heterocycles. The Morgan fingerprint density at radius 2 is 2.35 bits per heavy atom. The summed E-state index contributed by atoms with van der Waals surface area (Å²) in [5.74, 6) is 0.360. The second-order valence-electron chi connectivity index (χ2n) is 5.43. The fourth-order valence-electron chi connectivity index (χ4n) is 2.69. The van der Waals surface area contributed by atoms with Gasteiger partial charge in [-0.2, -0.15) is 0 Å². The Bertz CT molecular complexity index is 828. The van der Waals surface area contributed by atoms with Crippen LogP contribution in [-0.4, -0.2) is 41.1 Å². The summed E-state index contributed by atoms with van der Waals surface area (Å²) in [4.78, 5) is 21.7. The molecule has 5 nitrogen and oxygen atoms in total. The average Bonchev–Trinajstić information content (AvgIpc) is 3.18. The molecule has 0 amide bonds. The molecule has 0 unspecified atom stereocenters. The second-order valence-corrected chi connectivity index (χ2v) is 7.45. The molecule has 0 aromatic heterocycles. The number of amidine groups is 1. The van der Waals surface area contributed by atoms with Crippen molar-refractivity contribution in [3.8, 4) is 0 Å². The Balaban J connectivity index is 2.13. The normalized spacial score (nSPS) is 19.8. The van der Waals surface area contributed by atoms with Crippen LogP contribution in [0.5, 0.6) is 0 Å². The van der Waals surface area contributed by atoms with Gasteiger partial charge in [0.05, 0.1) is 17.2 Å². The van der Waals surface area contributed by atoms with Crippen LogP contribution in [0.2, 0.25) is 5.02 Å². The second kappa shape index (κ2) is 8.54. The number of allylic oxidation sites excluding steroid dienone is 1. The zero-order valence-electron chi connectivity index (χ0n) is 13.9. The summed E-state index contributed by atoms with van der Waals surface area (Å²) in [6.07, 6.45) is 0. The maximum absolute atomic E-state index is 14.0. The van der Waals surface area contributed by atoms with Crippen LogP contribution in [0.1, 0.15) is 18.5 Å². The fourth-order valence-corrected chi connectivity index (χ4v) is 4.16. The van der Waals surface area contributed by atoms with Crippen LogP contribution in [0, 0.1) is 5.82 Å². The molecule has 2 heterocycles. The Kier molecular flexibility index (Phi) is 6.37. The summed E-state index contributed by atoms with van der Waals surface area (Å²) in [7, 11) is 0. The van der Waals surface area contributed by atoms with Gasteiger partial charge in [0.1, 0.15) is 16.9 Å². The van der Waals surface area contributed by atoms with Gasteiger partial charge in [0.2, 0.25) is 0 Å². The average molecular weight is 461 g/mol. The van der Waals surface area contributed by atoms with Gasteiger partial charge in [-0.05, 0) is 13.0 Å². The molecule has 1 aromatic rings. The molecule has 1 atom stereocenters. The van der Waals surface area contributed by atoms with Crippen molar-refractivity contribution in [1.29, 1.82) is 0 Å². The van der Waals surface area contributed by atoms with Crippen molar-refractivity contribution < 1.29 is 13.9 Å². The molecular weight excluding hydrogens is 445 g/mol. The molecule has 2 aliphatic rings. The van der Waals surface area contributed by atoms with Gasteiger partial charge in [-0.25, -0.2) is 9.18 Å². The minimum absolute atomic E-state index is 0.0563. The minimum atomic E-state index is -0.773. The number of hydrogen-bond acceptors (Lipinski definition) is 6. The van der Waals surface area contributed by atoms with Crippen LogP contribution in [0.3, 0.4) is 0 Å². The third-order valence-corrected chi connectivity index (χ3v) is 5.76. The lowest BCUT2D eigenvalue weighted by molar-refractivity contribution is -0.138.